The Morgan fingerprint density at radius 3 is 1.15 bits per heavy atom. The molecule has 0 aliphatic heterocycles. The third-order valence-electron chi connectivity index (χ3n) is 10.7. The lowest BCUT2D eigenvalue weighted by Gasteiger charge is -2.29. The van der Waals surface area contributed by atoms with E-state index in [-0.39, 0.29) is 0 Å². The second kappa shape index (κ2) is 13.7. The van der Waals surface area contributed by atoms with E-state index >= 15 is 79.0 Å². The number of hydrogen-bond acceptors (Lipinski definition) is 2. The Morgan fingerprint density at radius 1 is 0.303 bits per heavy atom. The largest absolute Gasteiger partial charge is 0.569 e. The van der Waals surface area contributed by atoms with Crippen molar-refractivity contribution in [1.29, 1.82) is 0 Å². The minimum absolute atomic E-state index is 2.12. The van der Waals surface area contributed by atoms with Crippen LogP contribution in [0.15, 0.2) is 5.83 Å². The summed E-state index contributed by atoms with van der Waals surface area (Å²) in [5.41, 5.74) is -19.8. The monoisotopic (exact) mass is 974 g/mol. The Morgan fingerprint density at radius 2 is 0.652 bits per heavy atom. The van der Waals surface area contributed by atoms with Gasteiger partial charge in [-0.05, 0) is 0 Å². The van der Waals surface area contributed by atoms with E-state index < -0.39 is 224 Å². The third-order valence-corrected chi connectivity index (χ3v) is 10.7. The molecule has 0 saturated heterocycles. The zero-order valence-corrected chi connectivity index (χ0v) is 29.8. The number of hydrogen-bond donors (Lipinski definition) is 0. The number of fused-ring (bicyclic) bond motifs is 4. The van der Waals surface area contributed by atoms with Gasteiger partial charge in [0.15, 0.2) is 122 Å². The molecule has 0 heterocycles. The molecule has 1 atom stereocenters. The molecule has 0 amide bonds. The van der Waals surface area contributed by atoms with Crippen molar-refractivity contribution < 1.29 is 119 Å². The summed E-state index contributed by atoms with van der Waals surface area (Å²) < 4.78 is 394. The Bertz CT molecular complexity index is 3490. The normalized spacial score (nSPS) is 16.4. The summed E-state index contributed by atoms with van der Waals surface area (Å²) in [5, 5.41) is -14.1. The van der Waals surface area contributed by atoms with Crippen LogP contribution in [0.3, 0.4) is 0 Å². The Kier molecular flexibility index (Phi) is 9.27. The van der Waals surface area contributed by atoms with Crippen molar-refractivity contribution in [1.82, 2.24) is 0 Å². The van der Waals surface area contributed by atoms with Crippen molar-refractivity contribution in [2.24, 2.45) is 0 Å². The zero-order valence-electron chi connectivity index (χ0n) is 29.8. The predicted octanol–water partition coefficient (Wildman–Crippen LogP) is 12.7. The molecule has 66 heavy (non-hydrogen) atoms. The standard InChI is InChI=1S/C38BF25O2/c40-14-3-4-12(37(62,63)10(3)25(51)32(58)29(14)55)35(34(60)31(57)15(4)41)65-39(66-38(64)11-9(24(50)36(38)61)23(49)30(56)33(59)26(11)52)13-5-1-2-7(17(43)16(5)42)21(47)28(54)22(48)8(2)19(45)18(44)6(1)20(46)27(13)53. The molecule has 9 rings (SSSR count). The summed E-state index contributed by atoms with van der Waals surface area (Å²) >= 11 is 0. The molecule has 2 nitrogen and oxygen atoms in total. The van der Waals surface area contributed by atoms with Crippen molar-refractivity contribution in [3.05, 3.63) is 144 Å². The van der Waals surface area contributed by atoms with Gasteiger partial charge in [-0.3, -0.25) is 0 Å². The second-order valence-corrected chi connectivity index (χ2v) is 13.9. The van der Waals surface area contributed by atoms with Crippen LogP contribution in [0.25, 0.3) is 49.3 Å². The average Bonchev–Trinajstić information content (AvgIpc) is 3.63. The molecule has 0 saturated carbocycles. The summed E-state index contributed by atoms with van der Waals surface area (Å²) in [7, 11) is -4.74. The smallest absolute Gasteiger partial charge is 0.530 e. The highest BCUT2D eigenvalue weighted by atomic mass is 19.3. The lowest BCUT2D eigenvalue weighted by molar-refractivity contribution is -0.0623. The third kappa shape index (κ3) is 5.04. The summed E-state index contributed by atoms with van der Waals surface area (Å²) in [5.74, 6) is -84.3. The van der Waals surface area contributed by atoms with Crippen LogP contribution >= 0.6 is 0 Å². The summed E-state index contributed by atoms with van der Waals surface area (Å²) in [4.78, 5) is 0. The van der Waals surface area contributed by atoms with Crippen molar-refractivity contribution in [2.45, 2.75) is 11.8 Å². The fourth-order valence-corrected chi connectivity index (χ4v) is 7.95. The molecule has 0 radical (unpaired) electrons. The van der Waals surface area contributed by atoms with Gasteiger partial charge in [-0.2, -0.15) is 17.6 Å². The first-order valence-corrected chi connectivity index (χ1v) is 16.9. The highest BCUT2D eigenvalue weighted by molar-refractivity contribution is 6.66. The molecule has 0 spiro atoms. The maximum absolute atomic E-state index is 17.0. The highest BCUT2D eigenvalue weighted by Gasteiger charge is 2.60. The van der Waals surface area contributed by atoms with E-state index in [1.54, 1.807) is 0 Å². The van der Waals surface area contributed by atoms with Gasteiger partial charge in [-0.1, -0.05) is 0 Å². The predicted molar refractivity (Wildman–Crippen MR) is 170 cm³/mol. The van der Waals surface area contributed by atoms with Gasteiger partial charge in [0.25, 0.3) is 5.85 Å². The van der Waals surface area contributed by atoms with Crippen molar-refractivity contribution in [3.8, 4) is 16.9 Å². The number of halogens is 25. The SMILES string of the molecule is FC1=C(F)C(F)(OB(Oc2c(F)c(F)c(F)c3c2C(F)(F)c2c(F)c(F)c(F)c(F)c2-3)c2c(F)c(F)c3c(F)c(F)c4c(F)c(F)c(F)c5c(F)c(F)c2c3c45)c2c(F)c(F)c(F)c(F)c21. The minimum atomic E-state index is -5.93. The molecule has 7 aromatic rings. The Hall–Kier alpha value is -6.61. The second-order valence-electron chi connectivity index (χ2n) is 13.9. The number of alkyl halides is 3. The summed E-state index contributed by atoms with van der Waals surface area (Å²) in [6.07, 6.45) is 0. The molecule has 2 aliphatic carbocycles. The van der Waals surface area contributed by atoms with Crippen molar-refractivity contribution in [3.63, 3.8) is 0 Å². The molecule has 342 valence electrons. The molecule has 0 aromatic heterocycles. The molecular weight excluding hydrogens is 974 g/mol. The maximum atomic E-state index is 17.0. The topological polar surface area (TPSA) is 18.5 Å². The van der Waals surface area contributed by atoms with Gasteiger partial charge < -0.3 is 9.31 Å². The molecule has 2 aliphatic rings. The van der Waals surface area contributed by atoms with E-state index in [1.807, 2.05) is 0 Å². The number of benzene rings is 7. The first-order valence-electron chi connectivity index (χ1n) is 16.9. The van der Waals surface area contributed by atoms with Crippen LogP contribution in [0, 0.1) is 116 Å². The molecule has 0 N–H and O–H groups in total. The first kappa shape index (κ1) is 44.6. The highest BCUT2D eigenvalue weighted by Crippen LogP contribution is 2.59. The molecule has 0 fully saturated rings. The van der Waals surface area contributed by atoms with Gasteiger partial charge in [0, 0.05) is 32.7 Å². The van der Waals surface area contributed by atoms with Crippen molar-refractivity contribution in [2.75, 3.05) is 0 Å². The van der Waals surface area contributed by atoms with Crippen LogP contribution in [0.2, 0.25) is 0 Å². The summed E-state index contributed by atoms with van der Waals surface area (Å²) in [6.45, 7) is 0. The fraction of sp³-hybridized carbons (Fsp3) is 0.0526. The van der Waals surface area contributed by atoms with E-state index in [2.05, 4.69) is 9.31 Å². The summed E-state index contributed by atoms with van der Waals surface area (Å²) in [6, 6.07) is 0. The van der Waals surface area contributed by atoms with Crippen LogP contribution in [0.4, 0.5) is 110 Å². The van der Waals surface area contributed by atoms with Crippen LogP contribution in [-0.4, -0.2) is 7.12 Å². The first-order chi connectivity index (χ1) is 30.6. The Labute approximate surface area is 343 Å². The fourth-order valence-electron chi connectivity index (χ4n) is 7.95. The van der Waals surface area contributed by atoms with Gasteiger partial charge in [0.05, 0.1) is 38.4 Å². The van der Waals surface area contributed by atoms with Crippen LogP contribution in [0.1, 0.15) is 22.3 Å². The quantitative estimate of drug-likeness (QED) is 0.0563. The van der Waals surface area contributed by atoms with E-state index in [9.17, 15) is 30.7 Å². The maximum Gasteiger partial charge on any atom is 0.569 e. The lowest BCUT2D eigenvalue weighted by atomic mass is 9.72. The lowest BCUT2D eigenvalue weighted by Crippen LogP contribution is -2.48. The molecular formula is C38BF25O2. The molecule has 28 heteroatoms. The van der Waals surface area contributed by atoms with Crippen molar-refractivity contribution >= 4 is 50.7 Å². The number of rotatable bonds is 5. The van der Waals surface area contributed by atoms with Gasteiger partial charge in [-0.25, -0.2) is 92.2 Å². The van der Waals surface area contributed by atoms with Gasteiger partial charge in [0.1, 0.15) is 0 Å². The average molecular weight is 974 g/mol. The molecule has 1 unspecified atom stereocenters. The van der Waals surface area contributed by atoms with Gasteiger partial charge >= 0.3 is 13.0 Å². The minimum Gasteiger partial charge on any atom is -0.530 e. The molecule has 0 bridgehead atoms. The van der Waals surface area contributed by atoms with E-state index in [1.165, 1.54) is 0 Å². The van der Waals surface area contributed by atoms with Crippen LogP contribution < -0.4 is 10.1 Å². The van der Waals surface area contributed by atoms with Crippen LogP contribution in [-0.2, 0) is 16.4 Å². The zero-order chi connectivity index (χ0) is 48.8. The Balaban J connectivity index is 1.46. The van der Waals surface area contributed by atoms with E-state index in [4.69, 9.17) is 0 Å². The van der Waals surface area contributed by atoms with Gasteiger partial charge in [-0.15, -0.1) is 0 Å². The molecule has 7 aromatic carbocycles. The van der Waals surface area contributed by atoms with E-state index in [0.29, 0.717) is 0 Å². The van der Waals surface area contributed by atoms with E-state index in [0.717, 1.165) is 0 Å². The van der Waals surface area contributed by atoms with Crippen LogP contribution in [0.5, 0.6) is 5.75 Å². The van der Waals surface area contributed by atoms with Gasteiger partial charge in [0.2, 0.25) is 11.6 Å².